The maximum absolute atomic E-state index is 6.11. The number of hydrogen-bond acceptors (Lipinski definition) is 5. The molecule has 0 radical (unpaired) electrons. The van der Waals surface area contributed by atoms with Crippen LogP contribution in [0.5, 0.6) is 0 Å². The quantitative estimate of drug-likeness (QED) is 0.900. The molecule has 1 aliphatic heterocycles. The van der Waals surface area contributed by atoms with Crippen LogP contribution in [0.15, 0.2) is 42.6 Å². The van der Waals surface area contributed by atoms with Gasteiger partial charge in [0.25, 0.3) is 0 Å². The standard InChI is InChI=1S/C16H20N4O/c17-15-10-14(20-6-8-21-9-7-20)12-19-16(15)18-11-13-4-2-1-3-5-13/h1-5,10,12H,6-9,11,17H2,(H,18,19). The molecule has 5 nitrogen and oxygen atoms in total. The Balaban J connectivity index is 1.66. The van der Waals surface area contributed by atoms with Gasteiger partial charge in [-0.2, -0.15) is 0 Å². The molecule has 3 rings (SSSR count). The summed E-state index contributed by atoms with van der Waals surface area (Å²) in [5.41, 5.74) is 9.05. The molecular weight excluding hydrogens is 264 g/mol. The minimum absolute atomic E-state index is 0.676. The molecule has 1 saturated heterocycles. The third-order valence-corrected chi connectivity index (χ3v) is 3.58. The van der Waals surface area contributed by atoms with Gasteiger partial charge in [0.2, 0.25) is 0 Å². The van der Waals surface area contributed by atoms with E-state index in [4.69, 9.17) is 10.5 Å². The fourth-order valence-electron chi connectivity index (χ4n) is 2.39. The van der Waals surface area contributed by atoms with E-state index in [9.17, 15) is 0 Å². The second kappa shape index (κ2) is 6.45. The number of rotatable bonds is 4. The predicted molar refractivity (Wildman–Crippen MR) is 85.5 cm³/mol. The van der Waals surface area contributed by atoms with Gasteiger partial charge in [0.15, 0.2) is 0 Å². The summed E-state index contributed by atoms with van der Waals surface area (Å²) in [6, 6.07) is 12.2. The molecule has 0 bridgehead atoms. The van der Waals surface area contributed by atoms with Crippen molar-refractivity contribution < 1.29 is 4.74 Å². The van der Waals surface area contributed by atoms with E-state index >= 15 is 0 Å². The first-order valence-corrected chi connectivity index (χ1v) is 7.19. The van der Waals surface area contributed by atoms with Gasteiger partial charge < -0.3 is 20.7 Å². The maximum Gasteiger partial charge on any atom is 0.149 e. The largest absolute Gasteiger partial charge is 0.396 e. The number of morpholine rings is 1. The van der Waals surface area contributed by atoms with Crippen molar-refractivity contribution >= 4 is 17.2 Å². The summed E-state index contributed by atoms with van der Waals surface area (Å²) in [5.74, 6) is 0.732. The van der Waals surface area contributed by atoms with E-state index in [1.54, 1.807) is 0 Å². The molecule has 2 aromatic rings. The van der Waals surface area contributed by atoms with Gasteiger partial charge in [0, 0.05) is 19.6 Å². The summed E-state index contributed by atoms with van der Waals surface area (Å²) in [5, 5.41) is 3.28. The average molecular weight is 284 g/mol. The fraction of sp³-hybridized carbons (Fsp3) is 0.312. The van der Waals surface area contributed by atoms with Gasteiger partial charge in [-0.1, -0.05) is 30.3 Å². The monoisotopic (exact) mass is 284 g/mol. The highest BCUT2D eigenvalue weighted by Crippen LogP contribution is 2.23. The van der Waals surface area contributed by atoms with E-state index in [-0.39, 0.29) is 0 Å². The molecule has 21 heavy (non-hydrogen) atoms. The van der Waals surface area contributed by atoms with Gasteiger partial charge in [-0.3, -0.25) is 0 Å². The molecule has 1 aromatic carbocycles. The Bertz CT molecular complexity index is 582. The minimum atomic E-state index is 0.676. The second-order valence-corrected chi connectivity index (χ2v) is 5.07. The first-order chi connectivity index (χ1) is 10.3. The Kier molecular flexibility index (Phi) is 4.21. The summed E-state index contributed by atoms with van der Waals surface area (Å²) >= 11 is 0. The molecule has 0 spiro atoms. The Morgan fingerprint density at radius 1 is 1.19 bits per heavy atom. The van der Waals surface area contributed by atoms with Crippen molar-refractivity contribution in [2.75, 3.05) is 42.3 Å². The normalized spacial score (nSPS) is 15.0. The summed E-state index contributed by atoms with van der Waals surface area (Å²) in [7, 11) is 0. The number of pyridine rings is 1. The molecule has 0 atom stereocenters. The highest BCUT2D eigenvalue weighted by Gasteiger charge is 2.13. The SMILES string of the molecule is Nc1cc(N2CCOCC2)cnc1NCc1ccccc1. The van der Waals surface area contributed by atoms with Crippen LogP contribution in [0.2, 0.25) is 0 Å². The Morgan fingerprint density at radius 3 is 2.67 bits per heavy atom. The second-order valence-electron chi connectivity index (χ2n) is 5.07. The number of nitrogens with two attached hydrogens (primary N) is 1. The highest BCUT2D eigenvalue weighted by atomic mass is 16.5. The van der Waals surface area contributed by atoms with Crippen LogP contribution >= 0.6 is 0 Å². The van der Waals surface area contributed by atoms with Crippen molar-refractivity contribution in [2.45, 2.75) is 6.54 Å². The first kappa shape index (κ1) is 13.7. The van der Waals surface area contributed by atoms with Crippen LogP contribution in [0.3, 0.4) is 0 Å². The lowest BCUT2D eigenvalue weighted by Crippen LogP contribution is -2.36. The number of aromatic nitrogens is 1. The van der Waals surface area contributed by atoms with Crippen molar-refractivity contribution in [1.82, 2.24) is 4.98 Å². The van der Waals surface area contributed by atoms with Crippen LogP contribution in [0.25, 0.3) is 0 Å². The summed E-state index contributed by atoms with van der Waals surface area (Å²) in [6.45, 7) is 4.01. The summed E-state index contributed by atoms with van der Waals surface area (Å²) in [6.07, 6.45) is 1.87. The molecule has 0 aliphatic carbocycles. The number of nitrogens with one attached hydrogen (secondary N) is 1. The van der Waals surface area contributed by atoms with E-state index in [0.29, 0.717) is 5.69 Å². The highest BCUT2D eigenvalue weighted by molar-refractivity contribution is 5.67. The van der Waals surface area contributed by atoms with Crippen molar-refractivity contribution in [3.63, 3.8) is 0 Å². The third kappa shape index (κ3) is 3.44. The van der Waals surface area contributed by atoms with Gasteiger partial charge >= 0.3 is 0 Å². The summed E-state index contributed by atoms with van der Waals surface area (Å²) in [4.78, 5) is 6.69. The molecule has 1 aliphatic rings. The zero-order chi connectivity index (χ0) is 14.5. The molecule has 2 heterocycles. The lowest BCUT2D eigenvalue weighted by Gasteiger charge is -2.28. The van der Waals surface area contributed by atoms with Crippen molar-refractivity contribution in [1.29, 1.82) is 0 Å². The Labute approximate surface area is 124 Å². The van der Waals surface area contributed by atoms with Gasteiger partial charge in [-0.15, -0.1) is 0 Å². The number of anilines is 3. The van der Waals surface area contributed by atoms with Crippen LogP contribution in [-0.2, 0) is 11.3 Å². The summed E-state index contributed by atoms with van der Waals surface area (Å²) < 4.78 is 5.36. The zero-order valence-corrected chi connectivity index (χ0v) is 12.0. The van der Waals surface area contributed by atoms with Crippen molar-refractivity contribution in [2.24, 2.45) is 0 Å². The van der Waals surface area contributed by atoms with Crippen LogP contribution in [0, 0.1) is 0 Å². The van der Waals surface area contributed by atoms with Crippen LogP contribution in [0.1, 0.15) is 5.56 Å². The zero-order valence-electron chi connectivity index (χ0n) is 12.0. The Hall–Kier alpha value is -2.27. The molecular formula is C16H20N4O. The molecule has 5 heteroatoms. The van der Waals surface area contributed by atoms with Crippen molar-refractivity contribution in [3.05, 3.63) is 48.2 Å². The molecule has 3 N–H and O–H groups in total. The number of nitrogen functional groups attached to an aromatic ring is 1. The van der Waals surface area contributed by atoms with E-state index in [1.807, 2.05) is 30.5 Å². The third-order valence-electron chi connectivity index (χ3n) is 3.58. The molecule has 1 aromatic heterocycles. The first-order valence-electron chi connectivity index (χ1n) is 7.19. The molecule has 0 amide bonds. The van der Waals surface area contributed by atoms with E-state index < -0.39 is 0 Å². The van der Waals surface area contributed by atoms with Gasteiger partial charge in [0.05, 0.1) is 30.8 Å². The fourth-order valence-corrected chi connectivity index (χ4v) is 2.39. The maximum atomic E-state index is 6.11. The van der Waals surface area contributed by atoms with Crippen LogP contribution in [0.4, 0.5) is 17.2 Å². The van der Waals surface area contributed by atoms with Gasteiger partial charge in [-0.05, 0) is 11.6 Å². The molecule has 110 valence electrons. The lowest BCUT2D eigenvalue weighted by atomic mass is 10.2. The smallest absolute Gasteiger partial charge is 0.149 e. The molecule has 1 fully saturated rings. The van der Waals surface area contributed by atoms with E-state index in [1.165, 1.54) is 5.56 Å². The van der Waals surface area contributed by atoms with Crippen molar-refractivity contribution in [3.8, 4) is 0 Å². The predicted octanol–water partition coefficient (Wildman–Crippen LogP) is 2.11. The lowest BCUT2D eigenvalue weighted by molar-refractivity contribution is 0.122. The molecule has 0 saturated carbocycles. The number of hydrogen-bond donors (Lipinski definition) is 2. The van der Waals surface area contributed by atoms with Gasteiger partial charge in [-0.25, -0.2) is 4.98 Å². The topological polar surface area (TPSA) is 63.4 Å². The molecule has 0 unspecified atom stereocenters. The van der Waals surface area contributed by atoms with Gasteiger partial charge in [0.1, 0.15) is 5.82 Å². The van der Waals surface area contributed by atoms with E-state index in [2.05, 4.69) is 27.3 Å². The minimum Gasteiger partial charge on any atom is -0.396 e. The Morgan fingerprint density at radius 2 is 1.95 bits per heavy atom. The number of benzene rings is 1. The number of ether oxygens (including phenoxy) is 1. The van der Waals surface area contributed by atoms with Crippen LogP contribution < -0.4 is 16.0 Å². The van der Waals surface area contributed by atoms with Crippen LogP contribution in [-0.4, -0.2) is 31.3 Å². The average Bonchev–Trinajstić information content (AvgIpc) is 2.55. The number of nitrogens with zero attached hydrogens (tertiary/aromatic N) is 2. The van der Waals surface area contributed by atoms with E-state index in [0.717, 1.165) is 44.4 Å².